The van der Waals surface area contributed by atoms with Crippen molar-refractivity contribution in [1.29, 1.82) is 0 Å². The second-order valence-electron chi connectivity index (χ2n) is 8.81. The van der Waals surface area contributed by atoms with E-state index in [0.29, 0.717) is 21.7 Å². The summed E-state index contributed by atoms with van der Waals surface area (Å²) in [5, 5.41) is 0.578. The lowest BCUT2D eigenvalue weighted by molar-refractivity contribution is -0.118. The molecule has 6 heteroatoms. The van der Waals surface area contributed by atoms with Crippen LogP contribution in [0.2, 0.25) is 5.02 Å². The molecule has 3 atom stereocenters. The van der Waals surface area contributed by atoms with Crippen LogP contribution >= 0.6 is 11.6 Å². The number of pyridine rings is 1. The van der Waals surface area contributed by atoms with E-state index < -0.39 is 23.4 Å². The molecule has 3 heterocycles. The molecule has 1 spiro atoms. The Labute approximate surface area is 195 Å². The summed E-state index contributed by atoms with van der Waals surface area (Å²) >= 11 is 6.24. The number of carbonyl (C=O) groups excluding carboxylic acids is 3. The monoisotopic (exact) mass is 454 g/mol. The predicted octanol–water partition coefficient (Wildman–Crippen LogP) is 4.76. The van der Waals surface area contributed by atoms with Crippen molar-refractivity contribution in [2.45, 2.75) is 24.9 Å². The van der Waals surface area contributed by atoms with Gasteiger partial charge in [0, 0.05) is 40.1 Å². The van der Waals surface area contributed by atoms with Crippen LogP contribution in [0.3, 0.4) is 0 Å². The average molecular weight is 455 g/mol. The highest BCUT2D eigenvalue weighted by molar-refractivity contribution is 6.32. The van der Waals surface area contributed by atoms with Crippen molar-refractivity contribution < 1.29 is 14.4 Å². The zero-order chi connectivity index (χ0) is 22.9. The molecule has 1 fully saturated rings. The standard InChI is InChI=1S/C27H19ClN2O3/c1-15(31)24-23(17-5-4-12-29-14-17)27(25(32)19-6-2-3-7-20(19)26(27)33)22-11-8-16-13-18(28)9-10-21(16)30(22)24/h2-14,22-24H,1H3/t22-,23+,24+/m0/s1. The molecule has 1 saturated heterocycles. The summed E-state index contributed by atoms with van der Waals surface area (Å²) in [4.78, 5) is 47.8. The van der Waals surface area contributed by atoms with Gasteiger partial charge in [0.1, 0.15) is 5.41 Å². The van der Waals surface area contributed by atoms with Crippen LogP contribution in [-0.2, 0) is 4.79 Å². The number of nitrogens with zero attached hydrogens (tertiary/aromatic N) is 2. The van der Waals surface area contributed by atoms with Gasteiger partial charge in [-0.15, -0.1) is 0 Å². The zero-order valence-electron chi connectivity index (χ0n) is 17.7. The first-order valence-electron chi connectivity index (χ1n) is 10.8. The van der Waals surface area contributed by atoms with Crippen molar-refractivity contribution in [2.75, 3.05) is 4.90 Å². The second kappa shape index (κ2) is 6.96. The maximum atomic E-state index is 14.2. The van der Waals surface area contributed by atoms with E-state index in [1.807, 2.05) is 35.3 Å². The molecule has 0 radical (unpaired) electrons. The Morgan fingerprint density at radius 1 is 1.03 bits per heavy atom. The third-order valence-corrected chi connectivity index (χ3v) is 7.46. The molecule has 0 unspecified atom stereocenters. The normalized spacial score (nSPS) is 24.1. The van der Waals surface area contributed by atoms with Crippen LogP contribution in [0.1, 0.15) is 44.7 Å². The van der Waals surface area contributed by atoms with Crippen LogP contribution in [0.15, 0.2) is 73.1 Å². The molecule has 1 aromatic heterocycles. The number of hydrogen-bond donors (Lipinski definition) is 0. The summed E-state index contributed by atoms with van der Waals surface area (Å²) in [7, 11) is 0. The van der Waals surface area contributed by atoms with Crippen LogP contribution in [0.4, 0.5) is 5.69 Å². The Balaban J connectivity index is 1.68. The second-order valence-corrected chi connectivity index (χ2v) is 9.24. The number of Topliss-reactive ketones (excluding diaryl/α,β-unsaturated/α-hetero) is 3. The van der Waals surface area contributed by atoms with Gasteiger partial charge in [-0.3, -0.25) is 19.4 Å². The minimum atomic E-state index is -1.46. The van der Waals surface area contributed by atoms with Gasteiger partial charge in [0.2, 0.25) is 0 Å². The first kappa shape index (κ1) is 20.1. The highest BCUT2D eigenvalue weighted by atomic mass is 35.5. The fourth-order valence-electron chi connectivity index (χ4n) is 6.03. The topological polar surface area (TPSA) is 67.3 Å². The molecule has 2 aromatic carbocycles. The minimum absolute atomic E-state index is 0.113. The van der Waals surface area contributed by atoms with E-state index >= 15 is 0 Å². The third-order valence-electron chi connectivity index (χ3n) is 7.23. The van der Waals surface area contributed by atoms with E-state index in [9.17, 15) is 14.4 Å². The SMILES string of the molecule is CC(=O)[C@@H]1[C@@H](c2cccnc2)C2(C(=O)c3ccccc3C2=O)[C@@H]2C=Cc3cc(Cl)ccc3N12. The van der Waals surface area contributed by atoms with Gasteiger partial charge in [-0.1, -0.05) is 54.1 Å². The number of fused-ring (bicyclic) bond motifs is 5. The molecular weight excluding hydrogens is 436 g/mol. The lowest BCUT2D eigenvalue weighted by Crippen LogP contribution is -2.48. The number of halogens is 1. The van der Waals surface area contributed by atoms with E-state index in [-0.39, 0.29) is 17.3 Å². The Bertz CT molecular complexity index is 1350. The largest absolute Gasteiger partial charge is 0.352 e. The average Bonchev–Trinajstić information content (AvgIpc) is 3.26. The molecule has 2 aliphatic heterocycles. The highest BCUT2D eigenvalue weighted by Crippen LogP contribution is 2.60. The van der Waals surface area contributed by atoms with E-state index in [1.165, 1.54) is 6.92 Å². The molecule has 0 bridgehead atoms. The highest BCUT2D eigenvalue weighted by Gasteiger charge is 2.71. The number of benzene rings is 2. The first-order valence-corrected chi connectivity index (χ1v) is 11.2. The summed E-state index contributed by atoms with van der Waals surface area (Å²) in [5.74, 6) is -1.28. The lowest BCUT2D eigenvalue weighted by atomic mass is 9.64. The number of aromatic nitrogens is 1. The van der Waals surface area contributed by atoms with Gasteiger partial charge < -0.3 is 4.90 Å². The van der Waals surface area contributed by atoms with Crippen LogP contribution < -0.4 is 4.90 Å². The summed E-state index contributed by atoms with van der Waals surface area (Å²) < 4.78 is 0. The van der Waals surface area contributed by atoms with Crippen LogP contribution in [0.5, 0.6) is 0 Å². The predicted molar refractivity (Wildman–Crippen MR) is 126 cm³/mol. The summed E-state index contributed by atoms with van der Waals surface area (Å²) in [6.07, 6.45) is 7.09. The van der Waals surface area contributed by atoms with Crippen LogP contribution in [0, 0.1) is 5.41 Å². The van der Waals surface area contributed by atoms with Crippen LogP contribution in [0.25, 0.3) is 6.08 Å². The molecular formula is C27H19ClN2O3. The molecule has 6 rings (SSSR count). The van der Waals surface area contributed by atoms with E-state index in [2.05, 4.69) is 4.98 Å². The van der Waals surface area contributed by atoms with Gasteiger partial charge >= 0.3 is 0 Å². The maximum absolute atomic E-state index is 14.2. The molecule has 33 heavy (non-hydrogen) atoms. The van der Waals surface area contributed by atoms with Gasteiger partial charge in [-0.25, -0.2) is 0 Å². The fraction of sp³-hybridized carbons (Fsp3) is 0.185. The quantitative estimate of drug-likeness (QED) is 0.522. The number of anilines is 1. The molecule has 1 aliphatic carbocycles. The number of carbonyl (C=O) groups is 3. The van der Waals surface area contributed by atoms with Crippen molar-refractivity contribution >= 4 is 40.7 Å². The summed E-state index contributed by atoms with van der Waals surface area (Å²) in [5.41, 5.74) is 1.70. The minimum Gasteiger partial charge on any atom is -0.352 e. The van der Waals surface area contributed by atoms with Crippen molar-refractivity contribution in [3.05, 3.63) is 100 Å². The lowest BCUT2D eigenvalue weighted by Gasteiger charge is -2.37. The Morgan fingerprint density at radius 2 is 1.76 bits per heavy atom. The first-order chi connectivity index (χ1) is 16.0. The number of ketones is 3. The maximum Gasteiger partial charge on any atom is 0.180 e. The number of rotatable bonds is 2. The van der Waals surface area contributed by atoms with Crippen molar-refractivity contribution in [2.24, 2.45) is 5.41 Å². The van der Waals surface area contributed by atoms with E-state index in [1.54, 1.807) is 48.8 Å². The summed E-state index contributed by atoms with van der Waals surface area (Å²) in [6.45, 7) is 1.52. The molecule has 3 aliphatic rings. The van der Waals surface area contributed by atoms with Gasteiger partial charge in [0.25, 0.3) is 0 Å². The van der Waals surface area contributed by atoms with Gasteiger partial charge in [0.15, 0.2) is 17.3 Å². The summed E-state index contributed by atoms with van der Waals surface area (Å²) in [6, 6.07) is 14.7. The molecule has 162 valence electrons. The van der Waals surface area contributed by atoms with Gasteiger partial charge in [-0.05, 0) is 42.3 Å². The van der Waals surface area contributed by atoms with Crippen molar-refractivity contribution in [1.82, 2.24) is 4.98 Å². The van der Waals surface area contributed by atoms with Crippen molar-refractivity contribution in [3.8, 4) is 0 Å². The molecule has 0 N–H and O–H groups in total. The third kappa shape index (κ3) is 2.48. The van der Waals surface area contributed by atoms with Crippen molar-refractivity contribution in [3.63, 3.8) is 0 Å². The van der Waals surface area contributed by atoms with E-state index in [0.717, 1.165) is 11.3 Å². The van der Waals surface area contributed by atoms with E-state index in [4.69, 9.17) is 11.6 Å². The molecule has 0 amide bonds. The smallest absolute Gasteiger partial charge is 0.180 e. The van der Waals surface area contributed by atoms with Gasteiger partial charge in [0.05, 0.1) is 12.1 Å². The molecule has 0 saturated carbocycles. The fourth-order valence-corrected chi connectivity index (χ4v) is 6.21. The zero-order valence-corrected chi connectivity index (χ0v) is 18.5. The molecule has 5 nitrogen and oxygen atoms in total. The Hall–Kier alpha value is -3.57. The Kier molecular flexibility index (Phi) is 4.23. The Morgan fingerprint density at radius 3 is 2.39 bits per heavy atom. The van der Waals surface area contributed by atoms with Gasteiger partial charge in [-0.2, -0.15) is 0 Å². The van der Waals surface area contributed by atoms with Crippen LogP contribution in [-0.4, -0.2) is 34.4 Å². The number of hydrogen-bond acceptors (Lipinski definition) is 5. The molecule has 3 aromatic rings.